The molecule has 1 aromatic carbocycles. The first-order valence-corrected chi connectivity index (χ1v) is 7.92. The molecule has 0 spiro atoms. The van der Waals surface area contributed by atoms with Crippen molar-refractivity contribution in [3.8, 4) is 5.69 Å². The van der Waals surface area contributed by atoms with E-state index in [2.05, 4.69) is 5.10 Å². The van der Waals surface area contributed by atoms with Crippen LogP contribution in [0.5, 0.6) is 0 Å². The summed E-state index contributed by atoms with van der Waals surface area (Å²) >= 11 is 0. The fourth-order valence-electron chi connectivity index (χ4n) is 2.55. The van der Waals surface area contributed by atoms with Crippen LogP contribution in [0.15, 0.2) is 30.3 Å². The Bertz CT molecular complexity index is 735. The number of aliphatic hydroxyl groups is 1. The molecule has 0 aliphatic carbocycles. The average Bonchev–Trinajstić information content (AvgIpc) is 2.86. The summed E-state index contributed by atoms with van der Waals surface area (Å²) in [6, 6.07) is 9.47. The maximum Gasteiger partial charge on any atom is 0.294 e. The molecule has 1 aromatic heterocycles. The van der Waals surface area contributed by atoms with Crippen LogP contribution in [0, 0.1) is 13.8 Å². The van der Waals surface area contributed by atoms with E-state index in [-0.39, 0.29) is 0 Å². The molecule has 0 fully saturated rings. The Morgan fingerprint density at radius 1 is 1.25 bits per heavy atom. The van der Waals surface area contributed by atoms with Gasteiger partial charge in [0, 0.05) is 13.6 Å². The molecule has 1 N–H and O–H groups in total. The van der Waals surface area contributed by atoms with Crippen LogP contribution < -0.4 is 0 Å². The third kappa shape index (κ3) is 3.71. The van der Waals surface area contributed by atoms with Crippen LogP contribution in [0.4, 0.5) is 0 Å². The van der Waals surface area contributed by atoms with Crippen LogP contribution in [-0.4, -0.2) is 51.2 Å². The van der Waals surface area contributed by atoms with Crippen LogP contribution in [0.1, 0.15) is 35.1 Å². The van der Waals surface area contributed by atoms with Gasteiger partial charge in [0.1, 0.15) is 0 Å². The molecule has 2 rings (SSSR count). The molecular weight excluding hydrogens is 306 g/mol. The molecule has 1 amide bonds. The van der Waals surface area contributed by atoms with Gasteiger partial charge in [-0.25, -0.2) is 4.68 Å². The van der Waals surface area contributed by atoms with E-state index in [1.54, 1.807) is 32.5 Å². The van der Waals surface area contributed by atoms with Gasteiger partial charge in [-0.05, 0) is 39.3 Å². The van der Waals surface area contributed by atoms with Crippen molar-refractivity contribution < 1.29 is 14.7 Å². The molecular formula is C18H23N3O3. The zero-order valence-electron chi connectivity index (χ0n) is 14.5. The molecule has 0 radical (unpaired) electrons. The second kappa shape index (κ2) is 7.40. The highest BCUT2D eigenvalue weighted by atomic mass is 16.3. The third-order valence-electron chi connectivity index (χ3n) is 3.94. The Kier molecular flexibility index (Phi) is 5.51. The number of rotatable bonds is 6. The summed E-state index contributed by atoms with van der Waals surface area (Å²) in [6.07, 6.45) is -0.0869. The van der Waals surface area contributed by atoms with Gasteiger partial charge in [-0.1, -0.05) is 18.2 Å². The summed E-state index contributed by atoms with van der Waals surface area (Å²) in [5, 5.41) is 13.7. The smallest absolute Gasteiger partial charge is 0.294 e. The van der Waals surface area contributed by atoms with Crippen LogP contribution in [-0.2, 0) is 4.79 Å². The molecule has 0 aliphatic heterocycles. The lowest BCUT2D eigenvalue weighted by Crippen LogP contribution is -2.35. The third-order valence-corrected chi connectivity index (χ3v) is 3.94. The van der Waals surface area contributed by atoms with Gasteiger partial charge in [0.2, 0.25) is 0 Å². The second-order valence-corrected chi connectivity index (χ2v) is 5.99. The summed E-state index contributed by atoms with van der Waals surface area (Å²) in [5.41, 5.74) is 2.35. The normalized spacial score (nSPS) is 12.0. The number of hydrogen-bond donors (Lipinski definition) is 1. The van der Waals surface area contributed by atoms with E-state index in [0.29, 0.717) is 29.9 Å². The van der Waals surface area contributed by atoms with Gasteiger partial charge in [-0.3, -0.25) is 9.59 Å². The lowest BCUT2D eigenvalue weighted by atomic mass is 10.1. The van der Waals surface area contributed by atoms with Crippen molar-refractivity contribution in [3.63, 3.8) is 0 Å². The van der Waals surface area contributed by atoms with Crippen molar-refractivity contribution in [2.45, 2.75) is 33.3 Å². The van der Waals surface area contributed by atoms with Gasteiger partial charge in [0.05, 0.1) is 28.7 Å². The number of para-hydroxylation sites is 1. The first-order chi connectivity index (χ1) is 11.3. The maximum absolute atomic E-state index is 12.6. The fourth-order valence-corrected chi connectivity index (χ4v) is 2.55. The molecule has 6 nitrogen and oxygen atoms in total. The monoisotopic (exact) mass is 329 g/mol. The number of aromatic nitrogens is 2. The molecule has 0 bridgehead atoms. The van der Waals surface area contributed by atoms with Crippen molar-refractivity contribution in [2.75, 3.05) is 13.6 Å². The number of aliphatic hydroxyl groups excluding tert-OH is 1. The number of aryl methyl sites for hydroxylation is 1. The maximum atomic E-state index is 12.6. The van der Waals surface area contributed by atoms with Gasteiger partial charge >= 0.3 is 0 Å². The number of carbonyl (C=O) groups excluding carboxylic acids is 2. The number of carbonyl (C=O) groups is 2. The highest BCUT2D eigenvalue weighted by molar-refractivity contribution is 6.43. The summed E-state index contributed by atoms with van der Waals surface area (Å²) in [5.74, 6) is -1.16. The van der Waals surface area contributed by atoms with E-state index in [0.717, 1.165) is 5.69 Å². The molecule has 0 aliphatic rings. The second-order valence-electron chi connectivity index (χ2n) is 5.99. The summed E-state index contributed by atoms with van der Waals surface area (Å²) < 4.78 is 1.67. The highest BCUT2D eigenvalue weighted by Gasteiger charge is 2.27. The standard InChI is InChI=1S/C18H23N3O3/c1-12(22)10-11-20(4)18(24)17(23)16-13(2)19-21(14(16)3)15-8-6-5-7-9-15/h5-9,12,22H,10-11H2,1-4H3. The van der Waals surface area contributed by atoms with Crippen LogP contribution in [0.3, 0.4) is 0 Å². The van der Waals surface area contributed by atoms with E-state index in [1.807, 2.05) is 30.3 Å². The first-order valence-electron chi connectivity index (χ1n) is 7.92. The number of hydrogen-bond acceptors (Lipinski definition) is 4. The fraction of sp³-hybridized carbons (Fsp3) is 0.389. The summed E-state index contributed by atoms with van der Waals surface area (Å²) in [4.78, 5) is 26.3. The average molecular weight is 329 g/mol. The van der Waals surface area contributed by atoms with Crippen molar-refractivity contribution in [1.29, 1.82) is 0 Å². The van der Waals surface area contributed by atoms with Crippen molar-refractivity contribution in [1.82, 2.24) is 14.7 Å². The Hall–Kier alpha value is -2.47. The SMILES string of the molecule is Cc1nn(-c2ccccc2)c(C)c1C(=O)C(=O)N(C)CCC(C)O. The molecule has 2 aromatic rings. The Balaban J connectivity index is 2.27. The Morgan fingerprint density at radius 3 is 2.46 bits per heavy atom. The van der Waals surface area contributed by atoms with E-state index in [9.17, 15) is 14.7 Å². The molecule has 1 unspecified atom stereocenters. The quantitative estimate of drug-likeness (QED) is 0.649. The molecule has 24 heavy (non-hydrogen) atoms. The number of amides is 1. The van der Waals surface area contributed by atoms with Gasteiger partial charge in [-0.2, -0.15) is 5.10 Å². The molecule has 0 saturated heterocycles. The Morgan fingerprint density at radius 2 is 1.88 bits per heavy atom. The number of likely N-dealkylation sites (N-methyl/N-ethyl adjacent to an activating group) is 1. The zero-order valence-corrected chi connectivity index (χ0v) is 14.5. The molecule has 1 atom stereocenters. The predicted octanol–water partition coefficient (Wildman–Crippen LogP) is 1.90. The van der Waals surface area contributed by atoms with E-state index >= 15 is 0 Å². The van der Waals surface area contributed by atoms with Gasteiger partial charge < -0.3 is 10.0 Å². The topological polar surface area (TPSA) is 75.4 Å². The van der Waals surface area contributed by atoms with Crippen LogP contribution >= 0.6 is 0 Å². The van der Waals surface area contributed by atoms with Gasteiger partial charge in [0.15, 0.2) is 0 Å². The van der Waals surface area contributed by atoms with Gasteiger partial charge in [-0.15, -0.1) is 0 Å². The summed E-state index contributed by atoms with van der Waals surface area (Å²) in [6.45, 7) is 5.48. The number of benzene rings is 1. The molecule has 128 valence electrons. The van der Waals surface area contributed by atoms with E-state index in [1.165, 1.54) is 4.90 Å². The lowest BCUT2D eigenvalue weighted by Gasteiger charge is -2.17. The van der Waals surface area contributed by atoms with Crippen molar-refractivity contribution in [3.05, 3.63) is 47.3 Å². The lowest BCUT2D eigenvalue weighted by molar-refractivity contribution is -0.125. The van der Waals surface area contributed by atoms with E-state index in [4.69, 9.17) is 0 Å². The minimum Gasteiger partial charge on any atom is -0.393 e. The minimum atomic E-state index is -0.588. The Labute approximate surface area is 141 Å². The highest BCUT2D eigenvalue weighted by Crippen LogP contribution is 2.19. The molecule has 0 saturated carbocycles. The molecule has 6 heteroatoms. The zero-order chi connectivity index (χ0) is 17.9. The number of Topliss-reactive ketones (excluding diaryl/α,β-unsaturated/α-hetero) is 1. The largest absolute Gasteiger partial charge is 0.393 e. The number of ketones is 1. The summed E-state index contributed by atoms with van der Waals surface area (Å²) in [7, 11) is 1.56. The number of nitrogens with zero attached hydrogens (tertiary/aromatic N) is 3. The first kappa shape index (κ1) is 17.9. The van der Waals surface area contributed by atoms with Crippen LogP contribution in [0.25, 0.3) is 5.69 Å². The minimum absolute atomic E-state index is 0.327. The van der Waals surface area contributed by atoms with Gasteiger partial charge in [0.25, 0.3) is 11.7 Å². The van der Waals surface area contributed by atoms with Crippen molar-refractivity contribution in [2.24, 2.45) is 0 Å². The van der Waals surface area contributed by atoms with Crippen LogP contribution in [0.2, 0.25) is 0 Å². The van der Waals surface area contributed by atoms with E-state index < -0.39 is 17.8 Å². The predicted molar refractivity (Wildman–Crippen MR) is 91.3 cm³/mol. The molecule has 1 heterocycles. The van der Waals surface area contributed by atoms with Crippen molar-refractivity contribution >= 4 is 11.7 Å².